The molecule has 0 radical (unpaired) electrons. The lowest BCUT2D eigenvalue weighted by Gasteiger charge is -2.23. The zero-order valence-corrected chi connectivity index (χ0v) is 12.2. The van der Waals surface area contributed by atoms with Crippen molar-refractivity contribution in [2.24, 2.45) is 0 Å². The number of ether oxygens (including phenoxy) is 1. The minimum absolute atomic E-state index is 0.0890. The van der Waals surface area contributed by atoms with Crippen LogP contribution in [0.25, 0.3) is 0 Å². The minimum atomic E-state index is -1.37. The van der Waals surface area contributed by atoms with Crippen molar-refractivity contribution in [2.45, 2.75) is 31.9 Å². The fraction of sp³-hybridized carbons (Fsp3) is 0.400. The average molecular weight is 308 g/mol. The molecule has 7 heteroatoms. The highest BCUT2D eigenvalue weighted by atomic mass is 16.5. The lowest BCUT2D eigenvalue weighted by Crippen LogP contribution is -2.46. The SMILES string of the molecule is CCOC(=O)[C@H](NC(=O)CCC(=O)[O-])[C@@H](O)c1ccccc1. The Hall–Kier alpha value is -2.41. The molecular formula is C15H18NO6-. The molecule has 0 saturated carbocycles. The predicted molar refractivity (Wildman–Crippen MR) is 74.2 cm³/mol. The first-order chi connectivity index (χ1) is 10.5. The fourth-order valence-electron chi connectivity index (χ4n) is 1.80. The van der Waals surface area contributed by atoms with Gasteiger partial charge in [-0.05, 0) is 18.9 Å². The van der Waals surface area contributed by atoms with Crippen LogP contribution in [0.3, 0.4) is 0 Å². The van der Waals surface area contributed by atoms with E-state index in [2.05, 4.69) is 5.32 Å². The Balaban J connectivity index is 2.82. The van der Waals surface area contributed by atoms with Crippen molar-refractivity contribution >= 4 is 17.8 Å². The number of amides is 1. The van der Waals surface area contributed by atoms with Gasteiger partial charge in [-0.15, -0.1) is 0 Å². The first-order valence-corrected chi connectivity index (χ1v) is 6.84. The molecule has 0 unspecified atom stereocenters. The summed E-state index contributed by atoms with van der Waals surface area (Å²) in [4.78, 5) is 33.9. The first kappa shape index (κ1) is 17.6. The van der Waals surface area contributed by atoms with E-state index < -0.39 is 36.4 Å². The molecule has 2 N–H and O–H groups in total. The summed E-state index contributed by atoms with van der Waals surface area (Å²) in [6.45, 7) is 1.69. The number of aliphatic carboxylic acids is 1. The van der Waals surface area contributed by atoms with E-state index >= 15 is 0 Å². The number of carboxylic acid groups (broad SMARTS) is 1. The van der Waals surface area contributed by atoms with Crippen LogP contribution < -0.4 is 10.4 Å². The van der Waals surface area contributed by atoms with E-state index in [0.29, 0.717) is 5.56 Å². The maximum Gasteiger partial charge on any atom is 0.331 e. The van der Waals surface area contributed by atoms with Gasteiger partial charge in [0.2, 0.25) is 5.91 Å². The van der Waals surface area contributed by atoms with Gasteiger partial charge in [-0.25, -0.2) is 4.79 Å². The third-order valence-electron chi connectivity index (χ3n) is 2.87. The summed E-state index contributed by atoms with van der Waals surface area (Å²) in [7, 11) is 0. The molecule has 0 aliphatic heterocycles. The molecule has 1 aromatic carbocycles. The van der Waals surface area contributed by atoms with E-state index in [4.69, 9.17) is 4.74 Å². The molecule has 0 fully saturated rings. The normalized spacial score (nSPS) is 13.0. The molecule has 120 valence electrons. The van der Waals surface area contributed by atoms with E-state index in [1.807, 2.05) is 0 Å². The molecule has 7 nitrogen and oxygen atoms in total. The highest BCUT2D eigenvalue weighted by Crippen LogP contribution is 2.17. The smallest absolute Gasteiger partial charge is 0.331 e. The van der Waals surface area contributed by atoms with Crippen LogP contribution >= 0.6 is 0 Å². The molecule has 1 aromatic rings. The van der Waals surface area contributed by atoms with Gasteiger partial charge < -0.3 is 25.1 Å². The molecule has 2 atom stereocenters. The number of carbonyl (C=O) groups excluding carboxylic acids is 3. The maximum atomic E-state index is 11.9. The van der Waals surface area contributed by atoms with E-state index in [1.54, 1.807) is 37.3 Å². The molecule has 1 rings (SSSR count). The number of hydrogen-bond acceptors (Lipinski definition) is 6. The summed E-state index contributed by atoms with van der Waals surface area (Å²) >= 11 is 0. The Kier molecular flexibility index (Phi) is 7.04. The standard InChI is InChI=1S/C15H19NO6/c1-2-22-15(21)13(16-11(17)8-9-12(18)19)14(20)10-6-4-3-5-7-10/h3-7,13-14,20H,2,8-9H2,1H3,(H,16,17)(H,18,19)/p-1/t13-,14+/m1/s1. The van der Waals surface area contributed by atoms with Crippen LogP contribution in [0.4, 0.5) is 0 Å². The van der Waals surface area contributed by atoms with Gasteiger partial charge in [0.15, 0.2) is 6.04 Å². The second kappa shape index (κ2) is 8.78. The van der Waals surface area contributed by atoms with Crippen LogP contribution in [-0.2, 0) is 19.1 Å². The summed E-state index contributed by atoms with van der Waals surface area (Å²) in [5.74, 6) is -2.84. The first-order valence-electron chi connectivity index (χ1n) is 6.84. The van der Waals surface area contributed by atoms with Crippen LogP contribution in [0.2, 0.25) is 0 Å². The van der Waals surface area contributed by atoms with Gasteiger partial charge in [0.05, 0.1) is 6.61 Å². The largest absolute Gasteiger partial charge is 0.550 e. The molecule has 0 bridgehead atoms. The van der Waals surface area contributed by atoms with Crippen molar-refractivity contribution in [1.29, 1.82) is 0 Å². The number of esters is 1. The summed E-state index contributed by atoms with van der Waals surface area (Å²) in [6, 6.07) is 7.00. The van der Waals surface area contributed by atoms with Crippen LogP contribution in [0, 0.1) is 0 Å². The van der Waals surface area contributed by atoms with E-state index in [9.17, 15) is 24.6 Å². The second-order valence-electron chi connectivity index (χ2n) is 4.52. The molecule has 0 spiro atoms. The van der Waals surface area contributed by atoms with Crippen molar-refractivity contribution in [3.05, 3.63) is 35.9 Å². The van der Waals surface area contributed by atoms with Crippen molar-refractivity contribution in [3.63, 3.8) is 0 Å². The number of carbonyl (C=O) groups is 3. The molecule has 0 aliphatic carbocycles. The van der Waals surface area contributed by atoms with Crippen molar-refractivity contribution in [2.75, 3.05) is 6.61 Å². The quantitative estimate of drug-likeness (QED) is 0.613. The number of nitrogens with one attached hydrogen (secondary N) is 1. The van der Waals surface area contributed by atoms with Gasteiger partial charge in [0.25, 0.3) is 0 Å². The molecule has 0 saturated heterocycles. The number of aliphatic hydroxyl groups excluding tert-OH is 1. The van der Waals surface area contributed by atoms with Gasteiger partial charge in [0, 0.05) is 12.4 Å². The number of carboxylic acids is 1. The number of hydrogen-bond donors (Lipinski definition) is 2. The van der Waals surface area contributed by atoms with Crippen LogP contribution in [0.15, 0.2) is 30.3 Å². The van der Waals surface area contributed by atoms with Gasteiger partial charge >= 0.3 is 5.97 Å². The Bertz CT molecular complexity index is 516. The zero-order valence-electron chi connectivity index (χ0n) is 12.2. The predicted octanol–water partition coefficient (Wildman–Crippen LogP) is -0.702. The average Bonchev–Trinajstić information content (AvgIpc) is 2.51. The summed E-state index contributed by atoms with van der Waals surface area (Å²) in [5.41, 5.74) is 0.431. The topological polar surface area (TPSA) is 116 Å². The van der Waals surface area contributed by atoms with Crippen LogP contribution in [0.1, 0.15) is 31.4 Å². The van der Waals surface area contributed by atoms with E-state index in [-0.39, 0.29) is 13.0 Å². The van der Waals surface area contributed by atoms with Crippen molar-refractivity contribution in [1.82, 2.24) is 5.32 Å². The highest BCUT2D eigenvalue weighted by Gasteiger charge is 2.30. The van der Waals surface area contributed by atoms with Crippen LogP contribution in [-0.4, -0.2) is 35.6 Å². The van der Waals surface area contributed by atoms with Gasteiger partial charge in [0.1, 0.15) is 6.10 Å². The molecule has 0 heterocycles. The molecule has 0 aliphatic rings. The van der Waals surface area contributed by atoms with Gasteiger partial charge in [-0.2, -0.15) is 0 Å². The second-order valence-corrected chi connectivity index (χ2v) is 4.52. The van der Waals surface area contributed by atoms with Crippen molar-refractivity contribution < 1.29 is 29.3 Å². The Morgan fingerprint density at radius 1 is 1.23 bits per heavy atom. The summed E-state index contributed by atoms with van der Waals surface area (Å²) in [5, 5.41) is 22.9. The summed E-state index contributed by atoms with van der Waals surface area (Å²) in [6.07, 6.45) is -2.12. The van der Waals surface area contributed by atoms with Gasteiger partial charge in [-0.3, -0.25) is 4.79 Å². The molecule has 0 aromatic heterocycles. The highest BCUT2D eigenvalue weighted by molar-refractivity contribution is 5.86. The van der Waals surface area contributed by atoms with E-state index in [0.717, 1.165) is 0 Å². The Morgan fingerprint density at radius 2 is 1.86 bits per heavy atom. The lowest BCUT2D eigenvalue weighted by molar-refractivity contribution is -0.305. The summed E-state index contributed by atoms with van der Waals surface area (Å²) < 4.78 is 4.83. The monoisotopic (exact) mass is 308 g/mol. The Labute approximate surface area is 127 Å². The Morgan fingerprint density at radius 3 is 2.41 bits per heavy atom. The fourth-order valence-corrected chi connectivity index (χ4v) is 1.80. The molecular weight excluding hydrogens is 290 g/mol. The van der Waals surface area contributed by atoms with Crippen molar-refractivity contribution in [3.8, 4) is 0 Å². The van der Waals surface area contributed by atoms with Gasteiger partial charge in [-0.1, -0.05) is 30.3 Å². The molecule has 22 heavy (non-hydrogen) atoms. The van der Waals surface area contributed by atoms with E-state index in [1.165, 1.54) is 0 Å². The molecule has 1 amide bonds. The lowest BCUT2D eigenvalue weighted by atomic mass is 10.0. The number of benzene rings is 1. The minimum Gasteiger partial charge on any atom is -0.550 e. The third kappa shape index (κ3) is 5.53. The third-order valence-corrected chi connectivity index (χ3v) is 2.87. The number of rotatable bonds is 8. The zero-order chi connectivity index (χ0) is 16.5. The maximum absolute atomic E-state index is 11.9. The number of aliphatic hydroxyl groups is 1. The van der Waals surface area contributed by atoms with Crippen LogP contribution in [0.5, 0.6) is 0 Å².